The van der Waals surface area contributed by atoms with E-state index in [9.17, 15) is 15.3 Å². The average Bonchev–Trinajstić information content (AvgIpc) is 3.00. The molecule has 0 aromatic rings. The molecule has 0 heterocycles. The first kappa shape index (κ1) is 24.6. The zero-order valence-corrected chi connectivity index (χ0v) is 22.7. The molecule has 3 nitrogen and oxygen atoms in total. The van der Waals surface area contributed by atoms with Crippen LogP contribution in [0.3, 0.4) is 0 Å². The summed E-state index contributed by atoms with van der Waals surface area (Å²) in [4.78, 5) is 0. The Balaban J connectivity index is 1.58. The molecule has 0 saturated heterocycles. The molecule has 0 aliphatic heterocycles. The minimum atomic E-state index is -0.742. The molecule has 5 fully saturated rings. The second-order valence-corrected chi connectivity index (χ2v) is 15.7. The highest BCUT2D eigenvalue weighted by Gasteiger charge is 2.73. The van der Waals surface area contributed by atoms with Gasteiger partial charge in [-0.05, 0) is 122 Å². The van der Waals surface area contributed by atoms with Crippen LogP contribution >= 0.6 is 0 Å². The molecule has 0 spiro atoms. The van der Waals surface area contributed by atoms with E-state index in [4.69, 9.17) is 0 Å². The van der Waals surface area contributed by atoms with Crippen LogP contribution in [0.5, 0.6) is 0 Å². The van der Waals surface area contributed by atoms with Crippen LogP contribution in [-0.4, -0.2) is 33.1 Å². The standard InChI is InChI=1S/C30H52O3/c1-25(2)13-9-14-28(6)22-11-10-21-27(5)15-12-18(26(3,4)33)23(27)19(31)16-29(21,7)30(22,8)17-20(32)24(25)28/h18-24,31-33H,9-17H2,1-8H3/t18-,19+,20-,21?,22?,23?,24?,27+,28+,29+,30+/m0/s1. The molecule has 0 aromatic heterocycles. The fraction of sp³-hybridized carbons (Fsp3) is 1.00. The van der Waals surface area contributed by atoms with Crippen LogP contribution in [0.2, 0.25) is 0 Å². The second-order valence-electron chi connectivity index (χ2n) is 15.7. The van der Waals surface area contributed by atoms with E-state index in [0.29, 0.717) is 17.8 Å². The van der Waals surface area contributed by atoms with E-state index in [1.807, 2.05) is 13.8 Å². The molecule has 0 aromatic carbocycles. The number of hydrogen-bond donors (Lipinski definition) is 3. The van der Waals surface area contributed by atoms with Crippen LogP contribution < -0.4 is 0 Å². The summed E-state index contributed by atoms with van der Waals surface area (Å²) >= 11 is 0. The second kappa shape index (κ2) is 7.00. The SMILES string of the molecule is CC1(C)CCC[C@@]2(C)C1[C@@H](O)C[C@]1(C)C2CCC2[C@@]3(C)CC[C@H](C(C)(C)O)C3[C@H](O)C[C@]21C. The van der Waals surface area contributed by atoms with Gasteiger partial charge in [0, 0.05) is 0 Å². The predicted octanol–water partition coefficient (Wildman–Crippen LogP) is 6.19. The molecule has 5 saturated carbocycles. The van der Waals surface area contributed by atoms with Crippen molar-refractivity contribution in [3.63, 3.8) is 0 Å². The van der Waals surface area contributed by atoms with Crippen molar-refractivity contribution in [1.82, 2.24) is 0 Å². The maximum absolute atomic E-state index is 11.8. The zero-order valence-electron chi connectivity index (χ0n) is 22.7. The Morgan fingerprint density at radius 2 is 1.24 bits per heavy atom. The molecule has 190 valence electrons. The molecule has 3 heteroatoms. The van der Waals surface area contributed by atoms with E-state index in [1.165, 1.54) is 32.1 Å². The van der Waals surface area contributed by atoms with Crippen LogP contribution in [0.4, 0.5) is 0 Å². The summed E-state index contributed by atoms with van der Waals surface area (Å²) in [7, 11) is 0. The number of hydrogen-bond acceptors (Lipinski definition) is 3. The minimum Gasteiger partial charge on any atom is -0.393 e. The highest BCUT2D eigenvalue weighted by molar-refractivity contribution is 5.22. The number of rotatable bonds is 1. The van der Waals surface area contributed by atoms with Crippen molar-refractivity contribution in [3.8, 4) is 0 Å². The first-order valence-corrected chi connectivity index (χ1v) is 14.1. The van der Waals surface area contributed by atoms with Gasteiger partial charge in [-0.1, -0.05) is 48.0 Å². The zero-order chi connectivity index (χ0) is 24.4. The van der Waals surface area contributed by atoms with E-state index in [2.05, 4.69) is 41.5 Å². The Morgan fingerprint density at radius 1 is 0.697 bits per heavy atom. The molecule has 0 radical (unpaired) electrons. The fourth-order valence-corrected chi connectivity index (χ4v) is 12.4. The van der Waals surface area contributed by atoms with Gasteiger partial charge in [0.2, 0.25) is 0 Å². The topological polar surface area (TPSA) is 60.7 Å². The fourth-order valence-electron chi connectivity index (χ4n) is 12.4. The first-order chi connectivity index (χ1) is 15.0. The van der Waals surface area contributed by atoms with Gasteiger partial charge in [-0.2, -0.15) is 0 Å². The van der Waals surface area contributed by atoms with E-state index in [-0.39, 0.29) is 51.1 Å². The summed E-state index contributed by atoms with van der Waals surface area (Å²) in [6.07, 6.45) is 9.47. The van der Waals surface area contributed by atoms with Gasteiger partial charge < -0.3 is 15.3 Å². The lowest BCUT2D eigenvalue weighted by Crippen LogP contribution is -2.70. The van der Waals surface area contributed by atoms with Crippen LogP contribution in [0.1, 0.15) is 113 Å². The normalized spacial score (nSPS) is 58.1. The highest BCUT2D eigenvalue weighted by atomic mass is 16.3. The van der Waals surface area contributed by atoms with Crippen LogP contribution in [0, 0.1) is 56.7 Å². The number of fused-ring (bicyclic) bond motifs is 7. The van der Waals surface area contributed by atoms with Crippen molar-refractivity contribution in [2.24, 2.45) is 56.7 Å². The van der Waals surface area contributed by atoms with E-state index < -0.39 is 5.60 Å². The van der Waals surface area contributed by atoms with Gasteiger partial charge in [0.05, 0.1) is 17.8 Å². The maximum Gasteiger partial charge on any atom is 0.0623 e. The molecule has 0 bridgehead atoms. The van der Waals surface area contributed by atoms with Crippen LogP contribution in [0.15, 0.2) is 0 Å². The van der Waals surface area contributed by atoms with Gasteiger partial charge >= 0.3 is 0 Å². The molecule has 33 heavy (non-hydrogen) atoms. The lowest BCUT2D eigenvalue weighted by Gasteiger charge is -2.74. The summed E-state index contributed by atoms with van der Waals surface area (Å²) in [5.41, 5.74) is -0.245. The monoisotopic (exact) mass is 460 g/mol. The minimum absolute atomic E-state index is 0.0195. The number of aliphatic hydroxyl groups is 3. The van der Waals surface area contributed by atoms with Crippen molar-refractivity contribution < 1.29 is 15.3 Å². The van der Waals surface area contributed by atoms with Crippen molar-refractivity contribution >= 4 is 0 Å². The predicted molar refractivity (Wildman–Crippen MR) is 134 cm³/mol. The molecule has 5 aliphatic rings. The lowest BCUT2D eigenvalue weighted by atomic mass is 9.31. The largest absolute Gasteiger partial charge is 0.393 e. The van der Waals surface area contributed by atoms with Gasteiger partial charge in [0.25, 0.3) is 0 Å². The first-order valence-electron chi connectivity index (χ1n) is 14.1. The molecule has 11 atom stereocenters. The van der Waals surface area contributed by atoms with Gasteiger partial charge in [-0.15, -0.1) is 0 Å². The quantitative estimate of drug-likeness (QED) is 0.437. The molecule has 5 rings (SSSR count). The Morgan fingerprint density at radius 3 is 1.82 bits per heavy atom. The van der Waals surface area contributed by atoms with Gasteiger partial charge in [-0.25, -0.2) is 0 Å². The van der Waals surface area contributed by atoms with E-state index >= 15 is 0 Å². The molecule has 3 N–H and O–H groups in total. The van der Waals surface area contributed by atoms with E-state index in [0.717, 1.165) is 25.7 Å². The third kappa shape index (κ3) is 2.97. The molecule has 0 amide bonds. The third-order valence-corrected chi connectivity index (χ3v) is 13.4. The Labute approximate surface area is 203 Å². The third-order valence-electron chi connectivity index (χ3n) is 13.4. The van der Waals surface area contributed by atoms with Crippen molar-refractivity contribution in [2.45, 2.75) is 131 Å². The molecule has 4 unspecified atom stereocenters. The molecular weight excluding hydrogens is 408 g/mol. The van der Waals surface area contributed by atoms with Crippen molar-refractivity contribution in [2.75, 3.05) is 0 Å². The van der Waals surface area contributed by atoms with Crippen molar-refractivity contribution in [3.05, 3.63) is 0 Å². The Kier molecular flexibility index (Phi) is 5.21. The summed E-state index contributed by atoms with van der Waals surface area (Å²) in [6, 6.07) is 0. The van der Waals surface area contributed by atoms with Gasteiger partial charge in [0.15, 0.2) is 0 Å². The van der Waals surface area contributed by atoms with Crippen LogP contribution in [0.25, 0.3) is 0 Å². The summed E-state index contributed by atoms with van der Waals surface area (Å²) in [5.74, 6) is 1.89. The van der Waals surface area contributed by atoms with Gasteiger partial charge in [-0.3, -0.25) is 0 Å². The number of aliphatic hydroxyl groups excluding tert-OH is 2. The summed E-state index contributed by atoms with van der Waals surface area (Å²) in [5, 5.41) is 34.5. The molecular formula is C30H52O3. The van der Waals surface area contributed by atoms with Crippen LogP contribution in [-0.2, 0) is 0 Å². The van der Waals surface area contributed by atoms with E-state index in [1.54, 1.807) is 0 Å². The Hall–Kier alpha value is -0.120. The summed E-state index contributed by atoms with van der Waals surface area (Å²) < 4.78 is 0. The van der Waals surface area contributed by atoms with Crippen molar-refractivity contribution in [1.29, 1.82) is 0 Å². The molecule has 5 aliphatic carbocycles. The lowest BCUT2D eigenvalue weighted by molar-refractivity contribution is -0.280. The smallest absolute Gasteiger partial charge is 0.0623 e. The maximum atomic E-state index is 11.8. The highest BCUT2D eigenvalue weighted by Crippen LogP contribution is 2.78. The Bertz CT molecular complexity index is 799. The summed E-state index contributed by atoms with van der Waals surface area (Å²) in [6.45, 7) is 18.7. The van der Waals surface area contributed by atoms with Gasteiger partial charge in [0.1, 0.15) is 0 Å². The average molecular weight is 461 g/mol.